The topological polar surface area (TPSA) is 64.4 Å². The minimum atomic E-state index is -0.415. The molecular weight excluding hydrogens is 280 g/mol. The van der Waals surface area contributed by atoms with Gasteiger partial charge in [0.1, 0.15) is 5.75 Å². The summed E-state index contributed by atoms with van der Waals surface area (Å²) in [6, 6.07) is 6.17. The SMILES string of the molecule is CC(C)(C)NCCCCOc1ccc([N+](=O)[O-])cc1.Cl. The molecule has 1 aromatic rings. The summed E-state index contributed by atoms with van der Waals surface area (Å²) in [7, 11) is 0. The summed E-state index contributed by atoms with van der Waals surface area (Å²) in [5.74, 6) is 0.675. The Balaban J connectivity index is 0.00000361. The first kappa shape index (κ1) is 18.7. The highest BCUT2D eigenvalue weighted by Crippen LogP contribution is 2.17. The van der Waals surface area contributed by atoms with Crippen molar-refractivity contribution < 1.29 is 9.66 Å². The highest BCUT2D eigenvalue weighted by atomic mass is 35.5. The van der Waals surface area contributed by atoms with Crippen LogP contribution in [0.3, 0.4) is 0 Å². The second kappa shape index (κ2) is 8.76. The predicted octanol–water partition coefficient (Wildman–Crippen LogP) is 3.56. The van der Waals surface area contributed by atoms with Crippen molar-refractivity contribution >= 4 is 18.1 Å². The lowest BCUT2D eigenvalue weighted by Gasteiger charge is -2.20. The average molecular weight is 303 g/mol. The van der Waals surface area contributed by atoms with Crippen molar-refractivity contribution in [3.8, 4) is 5.75 Å². The van der Waals surface area contributed by atoms with Gasteiger partial charge in [0.05, 0.1) is 11.5 Å². The molecule has 1 N–H and O–H groups in total. The van der Waals surface area contributed by atoms with Crippen LogP contribution in [-0.2, 0) is 0 Å². The molecule has 0 bridgehead atoms. The molecule has 0 heterocycles. The second-order valence-corrected chi connectivity index (χ2v) is 5.48. The lowest BCUT2D eigenvalue weighted by molar-refractivity contribution is -0.384. The summed E-state index contributed by atoms with van der Waals surface area (Å²) in [5, 5.41) is 13.9. The van der Waals surface area contributed by atoms with Crippen molar-refractivity contribution in [3.63, 3.8) is 0 Å². The van der Waals surface area contributed by atoms with E-state index in [-0.39, 0.29) is 23.6 Å². The third-order valence-electron chi connectivity index (χ3n) is 2.54. The van der Waals surface area contributed by atoms with E-state index in [1.165, 1.54) is 12.1 Å². The van der Waals surface area contributed by atoms with Crippen LogP contribution in [0.1, 0.15) is 33.6 Å². The summed E-state index contributed by atoms with van der Waals surface area (Å²) < 4.78 is 5.52. The molecule has 0 aliphatic rings. The van der Waals surface area contributed by atoms with E-state index < -0.39 is 4.92 Å². The summed E-state index contributed by atoms with van der Waals surface area (Å²) in [4.78, 5) is 10.1. The molecule has 0 saturated heterocycles. The zero-order valence-electron chi connectivity index (χ0n) is 12.2. The number of nitrogens with zero attached hydrogens (tertiary/aromatic N) is 1. The molecule has 0 atom stereocenters. The Morgan fingerprint density at radius 1 is 1.20 bits per heavy atom. The molecule has 1 aromatic carbocycles. The zero-order chi connectivity index (χ0) is 14.3. The molecule has 0 spiro atoms. The molecule has 20 heavy (non-hydrogen) atoms. The molecule has 114 valence electrons. The Hall–Kier alpha value is -1.33. The fourth-order valence-electron chi connectivity index (χ4n) is 1.54. The Labute approximate surface area is 126 Å². The minimum absolute atomic E-state index is 0. The van der Waals surface area contributed by atoms with Crippen molar-refractivity contribution in [1.82, 2.24) is 5.32 Å². The maximum absolute atomic E-state index is 10.5. The van der Waals surface area contributed by atoms with Gasteiger partial charge in [-0.25, -0.2) is 0 Å². The van der Waals surface area contributed by atoms with Crippen LogP contribution in [0.2, 0.25) is 0 Å². The fraction of sp³-hybridized carbons (Fsp3) is 0.571. The predicted molar refractivity (Wildman–Crippen MR) is 82.8 cm³/mol. The smallest absolute Gasteiger partial charge is 0.269 e. The first-order valence-electron chi connectivity index (χ1n) is 6.51. The van der Waals surface area contributed by atoms with E-state index in [2.05, 4.69) is 26.1 Å². The maximum atomic E-state index is 10.5. The molecule has 0 amide bonds. The number of hydrogen-bond acceptors (Lipinski definition) is 4. The third-order valence-corrected chi connectivity index (χ3v) is 2.54. The molecule has 0 saturated carbocycles. The van der Waals surface area contributed by atoms with Gasteiger partial charge in [-0.1, -0.05) is 0 Å². The number of nitrogens with one attached hydrogen (secondary N) is 1. The fourth-order valence-corrected chi connectivity index (χ4v) is 1.54. The van der Waals surface area contributed by atoms with E-state index in [9.17, 15) is 10.1 Å². The molecule has 0 aliphatic carbocycles. The first-order valence-corrected chi connectivity index (χ1v) is 6.51. The van der Waals surface area contributed by atoms with Crippen LogP contribution >= 0.6 is 12.4 Å². The number of rotatable bonds is 7. The van der Waals surface area contributed by atoms with Crippen LogP contribution in [0, 0.1) is 10.1 Å². The Bertz CT molecular complexity index is 402. The number of nitro benzene ring substituents is 1. The number of hydrogen-bond donors (Lipinski definition) is 1. The molecule has 0 aromatic heterocycles. The van der Waals surface area contributed by atoms with Crippen LogP contribution in [0.5, 0.6) is 5.75 Å². The van der Waals surface area contributed by atoms with Crippen molar-refractivity contribution in [1.29, 1.82) is 0 Å². The van der Waals surface area contributed by atoms with Gasteiger partial charge in [-0.2, -0.15) is 0 Å². The van der Waals surface area contributed by atoms with Crippen LogP contribution in [-0.4, -0.2) is 23.6 Å². The van der Waals surface area contributed by atoms with Gasteiger partial charge >= 0.3 is 0 Å². The third kappa shape index (κ3) is 7.96. The normalized spacial score (nSPS) is 10.8. The first-order chi connectivity index (χ1) is 8.88. The van der Waals surface area contributed by atoms with E-state index >= 15 is 0 Å². The molecule has 0 fully saturated rings. The van der Waals surface area contributed by atoms with Crippen LogP contribution < -0.4 is 10.1 Å². The number of ether oxygens (including phenoxy) is 1. The molecular formula is C14H23ClN2O3. The summed E-state index contributed by atoms with van der Waals surface area (Å²) in [5.41, 5.74) is 0.237. The Morgan fingerprint density at radius 2 is 1.80 bits per heavy atom. The average Bonchev–Trinajstić information content (AvgIpc) is 2.33. The highest BCUT2D eigenvalue weighted by Gasteiger charge is 2.07. The largest absolute Gasteiger partial charge is 0.494 e. The lowest BCUT2D eigenvalue weighted by Crippen LogP contribution is -2.36. The van der Waals surface area contributed by atoms with Crippen LogP contribution in [0.4, 0.5) is 5.69 Å². The van der Waals surface area contributed by atoms with Gasteiger partial charge in [-0.3, -0.25) is 10.1 Å². The second-order valence-electron chi connectivity index (χ2n) is 5.48. The van der Waals surface area contributed by atoms with Crippen molar-refractivity contribution in [2.45, 2.75) is 39.2 Å². The van der Waals surface area contributed by atoms with Gasteiger partial charge in [-0.15, -0.1) is 12.4 Å². The van der Waals surface area contributed by atoms with Crippen LogP contribution in [0.15, 0.2) is 24.3 Å². The van der Waals surface area contributed by atoms with E-state index in [1.54, 1.807) is 12.1 Å². The molecule has 1 rings (SSSR count). The molecule has 0 unspecified atom stereocenters. The van der Waals surface area contributed by atoms with E-state index in [0.717, 1.165) is 19.4 Å². The standard InChI is InChI=1S/C14H22N2O3.ClH/c1-14(2,3)15-10-4-5-11-19-13-8-6-12(7-9-13)16(17)18;/h6-9,15H,4-5,10-11H2,1-3H3;1H. The van der Waals surface area contributed by atoms with Crippen molar-refractivity contribution in [2.24, 2.45) is 0 Å². The zero-order valence-corrected chi connectivity index (χ0v) is 13.0. The minimum Gasteiger partial charge on any atom is -0.494 e. The van der Waals surface area contributed by atoms with Crippen LogP contribution in [0.25, 0.3) is 0 Å². The van der Waals surface area contributed by atoms with Gasteiger partial charge in [0.25, 0.3) is 5.69 Å². The number of unbranched alkanes of at least 4 members (excludes halogenated alkanes) is 1. The van der Waals surface area contributed by atoms with Gasteiger partial charge in [-0.05, 0) is 52.3 Å². The van der Waals surface area contributed by atoms with E-state index in [1.807, 2.05) is 0 Å². The number of benzene rings is 1. The quantitative estimate of drug-likeness (QED) is 0.475. The number of nitro groups is 1. The van der Waals surface area contributed by atoms with Gasteiger partial charge < -0.3 is 10.1 Å². The molecule has 0 radical (unpaired) electrons. The Morgan fingerprint density at radius 3 is 2.30 bits per heavy atom. The molecule has 5 nitrogen and oxygen atoms in total. The summed E-state index contributed by atoms with van der Waals surface area (Å²) in [6.45, 7) is 8.01. The van der Waals surface area contributed by atoms with Crippen molar-refractivity contribution in [2.75, 3.05) is 13.2 Å². The Kier molecular flexibility index (Phi) is 8.18. The lowest BCUT2D eigenvalue weighted by atomic mass is 10.1. The number of non-ortho nitro benzene ring substituents is 1. The van der Waals surface area contributed by atoms with Gasteiger partial charge in [0.2, 0.25) is 0 Å². The molecule has 6 heteroatoms. The number of halogens is 1. The maximum Gasteiger partial charge on any atom is 0.269 e. The van der Waals surface area contributed by atoms with Crippen molar-refractivity contribution in [3.05, 3.63) is 34.4 Å². The summed E-state index contributed by atoms with van der Waals surface area (Å²) in [6.07, 6.45) is 2.00. The highest BCUT2D eigenvalue weighted by molar-refractivity contribution is 5.85. The van der Waals surface area contributed by atoms with Gasteiger partial charge in [0.15, 0.2) is 0 Å². The molecule has 0 aliphatic heterocycles. The van der Waals surface area contributed by atoms with E-state index in [4.69, 9.17) is 4.74 Å². The van der Waals surface area contributed by atoms with Gasteiger partial charge in [0, 0.05) is 17.7 Å². The monoisotopic (exact) mass is 302 g/mol. The summed E-state index contributed by atoms with van der Waals surface area (Å²) >= 11 is 0. The van der Waals surface area contributed by atoms with E-state index in [0.29, 0.717) is 12.4 Å².